The summed E-state index contributed by atoms with van der Waals surface area (Å²) in [5, 5.41) is 18.6. The van der Waals surface area contributed by atoms with Gasteiger partial charge in [-0.25, -0.2) is 0 Å². The SMILES string of the molecule is CC(CO)CCC(O)C1CCCC1. The fraction of sp³-hybridized carbons (Fsp3) is 1.00. The lowest BCUT2D eigenvalue weighted by atomic mass is 9.94. The molecular formula is C11H22O2. The molecule has 0 aromatic carbocycles. The standard InChI is InChI=1S/C11H22O2/c1-9(8-12)6-7-11(13)10-4-2-3-5-10/h9-13H,2-8H2,1H3. The zero-order chi connectivity index (χ0) is 9.68. The minimum absolute atomic E-state index is 0.114. The van der Waals surface area contributed by atoms with Crippen LogP contribution in [-0.4, -0.2) is 22.9 Å². The van der Waals surface area contributed by atoms with Gasteiger partial charge >= 0.3 is 0 Å². The Morgan fingerprint density at radius 1 is 1.23 bits per heavy atom. The molecular weight excluding hydrogens is 164 g/mol. The molecule has 1 aliphatic rings. The molecule has 0 radical (unpaired) electrons. The van der Waals surface area contributed by atoms with E-state index in [0.717, 1.165) is 12.8 Å². The molecule has 0 aliphatic heterocycles. The van der Waals surface area contributed by atoms with Crippen LogP contribution in [-0.2, 0) is 0 Å². The summed E-state index contributed by atoms with van der Waals surface area (Å²) in [5.74, 6) is 0.891. The van der Waals surface area contributed by atoms with Crippen LogP contribution < -0.4 is 0 Å². The van der Waals surface area contributed by atoms with Gasteiger partial charge in [-0.3, -0.25) is 0 Å². The van der Waals surface area contributed by atoms with Crippen molar-refractivity contribution < 1.29 is 10.2 Å². The molecule has 1 saturated carbocycles. The summed E-state index contributed by atoms with van der Waals surface area (Å²) in [4.78, 5) is 0. The molecule has 0 saturated heterocycles. The first-order chi connectivity index (χ1) is 6.24. The predicted molar refractivity (Wildman–Crippen MR) is 53.4 cm³/mol. The molecule has 2 atom stereocenters. The van der Waals surface area contributed by atoms with Gasteiger partial charge in [-0.1, -0.05) is 19.8 Å². The molecule has 1 fully saturated rings. The van der Waals surface area contributed by atoms with E-state index in [1.54, 1.807) is 0 Å². The van der Waals surface area contributed by atoms with Gasteiger partial charge in [-0.2, -0.15) is 0 Å². The first-order valence-electron chi connectivity index (χ1n) is 5.53. The minimum atomic E-state index is -0.114. The summed E-state index contributed by atoms with van der Waals surface area (Å²) in [6.07, 6.45) is 6.69. The third-order valence-corrected chi connectivity index (χ3v) is 3.21. The Morgan fingerprint density at radius 2 is 1.85 bits per heavy atom. The minimum Gasteiger partial charge on any atom is -0.396 e. The molecule has 0 aromatic heterocycles. The summed E-state index contributed by atoms with van der Waals surface area (Å²) < 4.78 is 0. The Kier molecular flexibility index (Phi) is 4.74. The van der Waals surface area contributed by atoms with Gasteiger partial charge in [0, 0.05) is 6.61 Å². The van der Waals surface area contributed by atoms with Crippen LogP contribution in [0.4, 0.5) is 0 Å². The summed E-state index contributed by atoms with van der Waals surface area (Å²) in [6.45, 7) is 2.28. The second-order valence-corrected chi connectivity index (χ2v) is 4.48. The third-order valence-electron chi connectivity index (χ3n) is 3.21. The van der Waals surface area contributed by atoms with Gasteiger partial charge in [0.05, 0.1) is 6.10 Å². The number of hydrogen-bond donors (Lipinski definition) is 2. The van der Waals surface area contributed by atoms with E-state index in [-0.39, 0.29) is 12.7 Å². The first kappa shape index (κ1) is 11.0. The average molecular weight is 186 g/mol. The van der Waals surface area contributed by atoms with Gasteiger partial charge in [-0.05, 0) is 37.5 Å². The maximum Gasteiger partial charge on any atom is 0.0568 e. The highest BCUT2D eigenvalue weighted by Gasteiger charge is 2.22. The maximum absolute atomic E-state index is 9.81. The molecule has 0 heterocycles. The second kappa shape index (κ2) is 5.61. The quantitative estimate of drug-likeness (QED) is 0.689. The lowest BCUT2D eigenvalue weighted by Gasteiger charge is -2.18. The Labute approximate surface area is 81.0 Å². The molecule has 0 aromatic rings. The van der Waals surface area contributed by atoms with E-state index < -0.39 is 0 Å². The van der Waals surface area contributed by atoms with E-state index in [4.69, 9.17) is 5.11 Å². The smallest absolute Gasteiger partial charge is 0.0568 e. The highest BCUT2D eigenvalue weighted by molar-refractivity contribution is 4.75. The van der Waals surface area contributed by atoms with Crippen LogP contribution in [0.1, 0.15) is 45.4 Å². The van der Waals surface area contributed by atoms with Crippen molar-refractivity contribution in [3.05, 3.63) is 0 Å². The topological polar surface area (TPSA) is 40.5 Å². The average Bonchev–Trinajstić information content (AvgIpc) is 2.66. The van der Waals surface area contributed by atoms with Crippen molar-refractivity contribution in [1.29, 1.82) is 0 Å². The zero-order valence-corrected chi connectivity index (χ0v) is 8.58. The van der Waals surface area contributed by atoms with E-state index in [0.29, 0.717) is 11.8 Å². The van der Waals surface area contributed by atoms with Crippen molar-refractivity contribution in [1.82, 2.24) is 0 Å². The molecule has 0 amide bonds. The summed E-state index contributed by atoms with van der Waals surface area (Å²) in [7, 11) is 0. The van der Waals surface area contributed by atoms with Gasteiger partial charge in [0.25, 0.3) is 0 Å². The van der Waals surface area contributed by atoms with Crippen LogP contribution in [0, 0.1) is 11.8 Å². The summed E-state index contributed by atoms with van der Waals surface area (Å²) >= 11 is 0. The van der Waals surface area contributed by atoms with Crippen LogP contribution in [0.3, 0.4) is 0 Å². The van der Waals surface area contributed by atoms with Gasteiger partial charge in [-0.15, -0.1) is 0 Å². The highest BCUT2D eigenvalue weighted by Crippen LogP contribution is 2.29. The van der Waals surface area contributed by atoms with Crippen LogP contribution in [0.5, 0.6) is 0 Å². The molecule has 13 heavy (non-hydrogen) atoms. The highest BCUT2D eigenvalue weighted by atomic mass is 16.3. The molecule has 0 spiro atoms. The van der Waals surface area contributed by atoms with Crippen molar-refractivity contribution in [2.45, 2.75) is 51.6 Å². The molecule has 2 unspecified atom stereocenters. The van der Waals surface area contributed by atoms with Crippen LogP contribution >= 0.6 is 0 Å². The van der Waals surface area contributed by atoms with Crippen LogP contribution in [0.25, 0.3) is 0 Å². The van der Waals surface area contributed by atoms with E-state index >= 15 is 0 Å². The number of hydrogen-bond acceptors (Lipinski definition) is 2. The lowest BCUT2D eigenvalue weighted by molar-refractivity contribution is 0.0905. The van der Waals surface area contributed by atoms with E-state index in [1.807, 2.05) is 6.92 Å². The van der Waals surface area contributed by atoms with Crippen molar-refractivity contribution in [3.8, 4) is 0 Å². The summed E-state index contributed by atoms with van der Waals surface area (Å²) in [6, 6.07) is 0. The molecule has 78 valence electrons. The number of aliphatic hydroxyl groups is 2. The Bertz CT molecular complexity index is 130. The fourth-order valence-corrected chi connectivity index (χ4v) is 2.12. The molecule has 2 nitrogen and oxygen atoms in total. The fourth-order valence-electron chi connectivity index (χ4n) is 2.12. The second-order valence-electron chi connectivity index (χ2n) is 4.48. The maximum atomic E-state index is 9.81. The number of rotatable bonds is 5. The van der Waals surface area contributed by atoms with Crippen LogP contribution in [0.15, 0.2) is 0 Å². The monoisotopic (exact) mass is 186 g/mol. The van der Waals surface area contributed by atoms with E-state index in [9.17, 15) is 5.11 Å². The Balaban J connectivity index is 2.12. The van der Waals surface area contributed by atoms with Gasteiger partial charge in [0.1, 0.15) is 0 Å². The van der Waals surface area contributed by atoms with Crippen molar-refractivity contribution >= 4 is 0 Å². The number of aliphatic hydroxyl groups excluding tert-OH is 2. The summed E-state index contributed by atoms with van der Waals surface area (Å²) in [5.41, 5.74) is 0. The van der Waals surface area contributed by atoms with Crippen molar-refractivity contribution in [2.75, 3.05) is 6.61 Å². The zero-order valence-electron chi connectivity index (χ0n) is 8.58. The largest absolute Gasteiger partial charge is 0.396 e. The van der Waals surface area contributed by atoms with Crippen molar-refractivity contribution in [3.63, 3.8) is 0 Å². The van der Waals surface area contributed by atoms with Gasteiger partial charge in [0.15, 0.2) is 0 Å². The molecule has 2 heteroatoms. The predicted octanol–water partition coefficient (Wildman–Crippen LogP) is 1.95. The molecule has 2 N–H and O–H groups in total. The first-order valence-corrected chi connectivity index (χ1v) is 5.53. The van der Waals surface area contributed by atoms with E-state index in [1.165, 1.54) is 25.7 Å². The Hall–Kier alpha value is -0.0800. The normalized spacial score (nSPS) is 23.3. The van der Waals surface area contributed by atoms with Gasteiger partial charge < -0.3 is 10.2 Å². The molecule has 0 bridgehead atoms. The third kappa shape index (κ3) is 3.65. The molecule has 1 aliphatic carbocycles. The van der Waals surface area contributed by atoms with Crippen LogP contribution in [0.2, 0.25) is 0 Å². The Morgan fingerprint density at radius 3 is 2.38 bits per heavy atom. The lowest BCUT2D eigenvalue weighted by Crippen LogP contribution is -2.18. The van der Waals surface area contributed by atoms with Crippen molar-refractivity contribution in [2.24, 2.45) is 11.8 Å². The van der Waals surface area contributed by atoms with Gasteiger partial charge in [0.2, 0.25) is 0 Å². The molecule has 1 rings (SSSR count). The van der Waals surface area contributed by atoms with E-state index in [2.05, 4.69) is 0 Å².